The topological polar surface area (TPSA) is 95.1 Å². The fourth-order valence-electron chi connectivity index (χ4n) is 2.63. The number of sulfonamides is 1. The number of aliphatic hydroxyl groups excluding tert-OH is 1. The Kier molecular flexibility index (Phi) is 4.59. The monoisotopic (exact) mass is 287 g/mol. The Morgan fingerprint density at radius 1 is 1.47 bits per heavy atom. The van der Waals surface area contributed by atoms with Crippen molar-refractivity contribution in [2.45, 2.75) is 44.2 Å². The largest absolute Gasteiger partial charge is 0.392 e. The standard InChI is InChI=1S/C12H21N3O3S/c1-9-4-2-3-5-10(9)7-14-19(17,18)12-11(8-16)6-13-15-12/h6,9-10,14,16H,2-5,7-8H2,1H3,(H,13,15). The van der Waals surface area contributed by atoms with E-state index in [0.29, 0.717) is 23.9 Å². The highest BCUT2D eigenvalue weighted by molar-refractivity contribution is 7.89. The van der Waals surface area contributed by atoms with E-state index >= 15 is 0 Å². The maximum absolute atomic E-state index is 12.1. The molecule has 2 rings (SSSR count). The van der Waals surface area contributed by atoms with Gasteiger partial charge in [-0.25, -0.2) is 13.1 Å². The van der Waals surface area contributed by atoms with E-state index in [4.69, 9.17) is 5.11 Å². The molecule has 108 valence electrons. The number of hydrogen-bond acceptors (Lipinski definition) is 4. The number of aromatic amines is 1. The van der Waals surface area contributed by atoms with Crippen molar-refractivity contribution < 1.29 is 13.5 Å². The van der Waals surface area contributed by atoms with Crippen LogP contribution in [0.5, 0.6) is 0 Å². The van der Waals surface area contributed by atoms with Crippen LogP contribution in [0.4, 0.5) is 0 Å². The van der Waals surface area contributed by atoms with Crippen molar-refractivity contribution in [2.24, 2.45) is 11.8 Å². The highest BCUT2D eigenvalue weighted by Gasteiger charge is 2.25. The first kappa shape index (κ1) is 14.5. The molecule has 6 nitrogen and oxygen atoms in total. The molecule has 1 fully saturated rings. The predicted molar refractivity (Wildman–Crippen MR) is 70.8 cm³/mol. The average molecular weight is 287 g/mol. The van der Waals surface area contributed by atoms with Crippen LogP contribution in [0.2, 0.25) is 0 Å². The molecule has 1 saturated carbocycles. The molecule has 7 heteroatoms. The molecule has 1 aliphatic rings. The highest BCUT2D eigenvalue weighted by Crippen LogP contribution is 2.29. The summed E-state index contributed by atoms with van der Waals surface area (Å²) in [6.07, 6.45) is 5.97. The van der Waals surface area contributed by atoms with Gasteiger partial charge in [0.15, 0.2) is 5.03 Å². The fraction of sp³-hybridized carbons (Fsp3) is 0.750. The van der Waals surface area contributed by atoms with Crippen molar-refractivity contribution in [1.82, 2.24) is 14.9 Å². The van der Waals surface area contributed by atoms with E-state index in [1.807, 2.05) is 0 Å². The molecule has 0 spiro atoms. The number of H-pyrrole nitrogens is 1. The van der Waals surface area contributed by atoms with Crippen molar-refractivity contribution in [2.75, 3.05) is 6.54 Å². The minimum Gasteiger partial charge on any atom is -0.392 e. The maximum Gasteiger partial charge on any atom is 0.257 e. The van der Waals surface area contributed by atoms with Crippen molar-refractivity contribution in [3.05, 3.63) is 11.8 Å². The van der Waals surface area contributed by atoms with Crippen LogP contribution >= 0.6 is 0 Å². The summed E-state index contributed by atoms with van der Waals surface area (Å²) in [5.74, 6) is 0.944. The van der Waals surface area contributed by atoms with Crippen LogP contribution in [0.15, 0.2) is 11.2 Å². The fourth-order valence-corrected chi connectivity index (χ4v) is 3.84. The normalized spacial score (nSPS) is 24.5. The first-order valence-corrected chi connectivity index (χ1v) is 8.15. The molecule has 2 atom stereocenters. The van der Waals surface area contributed by atoms with Crippen molar-refractivity contribution in [3.8, 4) is 0 Å². The number of hydrogen-bond donors (Lipinski definition) is 3. The van der Waals surface area contributed by atoms with Gasteiger partial charge in [0.25, 0.3) is 10.0 Å². The highest BCUT2D eigenvalue weighted by atomic mass is 32.2. The lowest BCUT2D eigenvalue weighted by molar-refractivity contribution is 0.257. The van der Waals surface area contributed by atoms with E-state index < -0.39 is 10.0 Å². The van der Waals surface area contributed by atoms with E-state index in [9.17, 15) is 8.42 Å². The van der Waals surface area contributed by atoms with Gasteiger partial charge in [-0.1, -0.05) is 26.2 Å². The molecule has 1 heterocycles. The first-order valence-electron chi connectivity index (χ1n) is 6.67. The van der Waals surface area contributed by atoms with Crippen molar-refractivity contribution in [3.63, 3.8) is 0 Å². The minimum atomic E-state index is -3.61. The van der Waals surface area contributed by atoms with Crippen LogP contribution in [0, 0.1) is 11.8 Å². The zero-order chi connectivity index (χ0) is 13.9. The SMILES string of the molecule is CC1CCCCC1CNS(=O)(=O)c1[nH]ncc1CO. The molecule has 2 unspecified atom stereocenters. The van der Waals surface area contributed by atoms with Gasteiger partial charge >= 0.3 is 0 Å². The Hall–Kier alpha value is -0.920. The van der Waals surface area contributed by atoms with Gasteiger partial charge in [-0.15, -0.1) is 0 Å². The van der Waals surface area contributed by atoms with Crippen molar-refractivity contribution in [1.29, 1.82) is 0 Å². The summed E-state index contributed by atoms with van der Waals surface area (Å²) < 4.78 is 26.9. The van der Waals surface area contributed by atoms with Gasteiger partial charge in [-0.05, 0) is 18.3 Å². The Morgan fingerprint density at radius 3 is 2.89 bits per heavy atom. The summed E-state index contributed by atoms with van der Waals surface area (Å²) in [7, 11) is -3.61. The van der Waals surface area contributed by atoms with Gasteiger partial charge < -0.3 is 5.11 Å². The second-order valence-corrected chi connectivity index (χ2v) is 6.96. The predicted octanol–water partition coefficient (Wildman–Crippen LogP) is 1.01. The zero-order valence-corrected chi connectivity index (χ0v) is 11.9. The molecule has 0 bridgehead atoms. The van der Waals surface area contributed by atoms with E-state index in [-0.39, 0.29) is 11.6 Å². The summed E-state index contributed by atoms with van der Waals surface area (Å²) in [4.78, 5) is 0. The van der Waals surface area contributed by atoms with E-state index in [1.54, 1.807) is 0 Å². The van der Waals surface area contributed by atoms with Crippen LogP contribution in [-0.2, 0) is 16.6 Å². The van der Waals surface area contributed by atoms with Gasteiger partial charge in [0.2, 0.25) is 0 Å². The third kappa shape index (κ3) is 3.34. The molecular weight excluding hydrogens is 266 g/mol. The quantitative estimate of drug-likeness (QED) is 0.753. The minimum absolute atomic E-state index is 0.0292. The Labute approximate surface area is 113 Å². The van der Waals surface area contributed by atoms with Gasteiger partial charge in [0.1, 0.15) is 0 Å². The molecule has 3 N–H and O–H groups in total. The van der Waals surface area contributed by atoms with E-state index in [1.165, 1.54) is 25.5 Å². The van der Waals surface area contributed by atoms with Gasteiger partial charge in [0.05, 0.1) is 12.8 Å². The molecule has 1 aromatic heterocycles. The zero-order valence-electron chi connectivity index (χ0n) is 11.1. The maximum atomic E-state index is 12.1. The van der Waals surface area contributed by atoms with Gasteiger partial charge in [-0.3, -0.25) is 5.10 Å². The number of aromatic nitrogens is 2. The lowest BCUT2D eigenvalue weighted by atomic mass is 9.81. The van der Waals surface area contributed by atoms with Crippen LogP contribution in [0.25, 0.3) is 0 Å². The summed E-state index contributed by atoms with van der Waals surface area (Å²) in [5.41, 5.74) is 0.296. The molecular formula is C12H21N3O3S. The Morgan fingerprint density at radius 2 is 2.21 bits per heavy atom. The van der Waals surface area contributed by atoms with Crippen molar-refractivity contribution >= 4 is 10.0 Å². The molecule has 0 radical (unpaired) electrons. The average Bonchev–Trinajstić information content (AvgIpc) is 2.87. The second kappa shape index (κ2) is 6.02. The second-order valence-electron chi connectivity index (χ2n) is 5.26. The van der Waals surface area contributed by atoms with E-state index in [2.05, 4.69) is 21.8 Å². The number of nitrogens with zero attached hydrogens (tertiary/aromatic N) is 1. The van der Waals surface area contributed by atoms with E-state index in [0.717, 1.165) is 6.42 Å². The van der Waals surface area contributed by atoms with Crippen LogP contribution in [-0.4, -0.2) is 30.3 Å². The first-order chi connectivity index (χ1) is 9.04. The molecule has 0 saturated heterocycles. The summed E-state index contributed by atoms with van der Waals surface area (Å²) in [6, 6.07) is 0. The summed E-state index contributed by atoms with van der Waals surface area (Å²) >= 11 is 0. The third-order valence-electron chi connectivity index (χ3n) is 3.94. The lowest BCUT2D eigenvalue weighted by Gasteiger charge is -2.28. The lowest BCUT2D eigenvalue weighted by Crippen LogP contribution is -2.34. The number of rotatable bonds is 5. The van der Waals surface area contributed by atoms with Crippen LogP contribution in [0.3, 0.4) is 0 Å². The third-order valence-corrected chi connectivity index (χ3v) is 5.38. The molecule has 1 aliphatic carbocycles. The number of nitrogens with one attached hydrogen (secondary N) is 2. The van der Waals surface area contributed by atoms with Crippen LogP contribution < -0.4 is 4.72 Å². The molecule has 1 aromatic rings. The Bertz CT molecular complexity index is 512. The van der Waals surface area contributed by atoms with Gasteiger partial charge in [-0.2, -0.15) is 5.10 Å². The summed E-state index contributed by atoms with van der Waals surface area (Å²) in [5, 5.41) is 15.1. The molecule has 0 aromatic carbocycles. The molecule has 19 heavy (non-hydrogen) atoms. The molecule has 0 amide bonds. The summed E-state index contributed by atoms with van der Waals surface area (Å²) in [6.45, 7) is 2.29. The van der Waals surface area contributed by atoms with Crippen LogP contribution in [0.1, 0.15) is 38.2 Å². The van der Waals surface area contributed by atoms with Gasteiger partial charge in [0, 0.05) is 12.1 Å². The number of aliphatic hydroxyl groups is 1. The Balaban J connectivity index is 2.01. The molecule has 0 aliphatic heterocycles. The smallest absolute Gasteiger partial charge is 0.257 e.